The molecule has 0 fully saturated rings. The van der Waals surface area contributed by atoms with Crippen molar-refractivity contribution in [3.05, 3.63) is 33.1 Å². The Morgan fingerprint density at radius 3 is 2.92 bits per heavy atom. The summed E-state index contributed by atoms with van der Waals surface area (Å²) in [6.45, 7) is 5.34. The van der Waals surface area contributed by atoms with Gasteiger partial charge < -0.3 is 9.32 Å². The van der Waals surface area contributed by atoms with Crippen LogP contribution in [0.5, 0.6) is 0 Å². The lowest BCUT2D eigenvalue weighted by molar-refractivity contribution is -0.132. The Labute approximate surface area is 152 Å². The van der Waals surface area contributed by atoms with Gasteiger partial charge in [-0.1, -0.05) is 25.2 Å². The summed E-state index contributed by atoms with van der Waals surface area (Å²) < 4.78 is 5.74. The molecule has 3 rings (SSSR count). The standard InChI is InChI=1S/C16H18BrN3O3S/c1-9(2)7-14(21)20-6-5-10-12(8-20)24-16(18-10)19-15(22)11-3-4-13(17)23-11/h3-4,9H,5-8H2,1-2H3,(H,18,19,22). The summed E-state index contributed by atoms with van der Waals surface area (Å²) in [4.78, 5) is 31.7. The van der Waals surface area contributed by atoms with E-state index in [9.17, 15) is 9.59 Å². The summed E-state index contributed by atoms with van der Waals surface area (Å²) in [5.41, 5.74) is 0.963. The Kier molecular flexibility index (Phi) is 5.05. The SMILES string of the molecule is CC(C)CC(=O)N1CCc2nc(NC(=O)c3ccc(Br)o3)sc2C1. The van der Waals surface area contributed by atoms with Crippen LogP contribution >= 0.6 is 27.3 Å². The highest BCUT2D eigenvalue weighted by Gasteiger charge is 2.25. The highest BCUT2D eigenvalue weighted by Crippen LogP contribution is 2.29. The van der Waals surface area contributed by atoms with Gasteiger partial charge >= 0.3 is 0 Å². The van der Waals surface area contributed by atoms with Crippen LogP contribution < -0.4 is 5.32 Å². The van der Waals surface area contributed by atoms with E-state index >= 15 is 0 Å². The van der Waals surface area contributed by atoms with Crippen molar-refractivity contribution in [3.63, 3.8) is 0 Å². The molecule has 2 aromatic heterocycles. The lowest BCUT2D eigenvalue weighted by atomic mass is 10.1. The van der Waals surface area contributed by atoms with Gasteiger partial charge in [0.25, 0.3) is 5.91 Å². The number of nitrogens with one attached hydrogen (secondary N) is 1. The average Bonchev–Trinajstić information content (AvgIpc) is 3.11. The lowest BCUT2D eigenvalue weighted by Crippen LogP contribution is -2.36. The molecule has 0 aliphatic carbocycles. The van der Waals surface area contributed by atoms with E-state index in [-0.39, 0.29) is 17.6 Å². The quantitative estimate of drug-likeness (QED) is 0.832. The zero-order chi connectivity index (χ0) is 17.3. The predicted molar refractivity (Wildman–Crippen MR) is 95.1 cm³/mol. The maximum atomic E-state index is 12.2. The van der Waals surface area contributed by atoms with Gasteiger partial charge in [-0.15, -0.1) is 0 Å². The molecule has 0 unspecified atom stereocenters. The van der Waals surface area contributed by atoms with Crippen LogP contribution in [0.2, 0.25) is 0 Å². The van der Waals surface area contributed by atoms with Crippen molar-refractivity contribution < 1.29 is 14.0 Å². The van der Waals surface area contributed by atoms with Crippen LogP contribution in [0.1, 0.15) is 41.4 Å². The Hall–Kier alpha value is -1.67. The molecule has 2 aromatic rings. The summed E-state index contributed by atoms with van der Waals surface area (Å²) in [6.07, 6.45) is 1.28. The van der Waals surface area contributed by atoms with E-state index < -0.39 is 0 Å². The first-order valence-electron chi connectivity index (χ1n) is 7.75. The highest BCUT2D eigenvalue weighted by molar-refractivity contribution is 9.10. The molecule has 0 saturated carbocycles. The topological polar surface area (TPSA) is 75.4 Å². The zero-order valence-corrected chi connectivity index (χ0v) is 15.9. The Bertz CT molecular complexity index is 768. The number of halogens is 1. The van der Waals surface area contributed by atoms with E-state index in [1.165, 1.54) is 11.3 Å². The zero-order valence-electron chi connectivity index (χ0n) is 13.5. The number of carbonyl (C=O) groups excluding carboxylic acids is 2. The van der Waals surface area contributed by atoms with Gasteiger partial charge in [0.1, 0.15) is 0 Å². The monoisotopic (exact) mass is 411 g/mol. The number of hydrogen-bond donors (Lipinski definition) is 1. The van der Waals surface area contributed by atoms with Crippen molar-refractivity contribution >= 4 is 44.2 Å². The van der Waals surface area contributed by atoms with Crippen molar-refractivity contribution in [2.75, 3.05) is 11.9 Å². The minimum Gasteiger partial charge on any atom is -0.444 e. The van der Waals surface area contributed by atoms with Crippen molar-refractivity contribution in [1.82, 2.24) is 9.88 Å². The number of fused-ring (bicyclic) bond motifs is 1. The fraction of sp³-hybridized carbons (Fsp3) is 0.438. The second kappa shape index (κ2) is 7.06. The lowest BCUT2D eigenvalue weighted by Gasteiger charge is -2.26. The fourth-order valence-corrected chi connectivity index (χ4v) is 3.86. The number of thiazole rings is 1. The molecular weight excluding hydrogens is 394 g/mol. The summed E-state index contributed by atoms with van der Waals surface area (Å²) in [5, 5.41) is 3.29. The predicted octanol–water partition coefficient (Wildman–Crippen LogP) is 3.68. The van der Waals surface area contributed by atoms with E-state index in [2.05, 4.69) is 26.2 Å². The Balaban J connectivity index is 1.67. The van der Waals surface area contributed by atoms with Crippen LogP contribution in [0.3, 0.4) is 0 Å². The van der Waals surface area contributed by atoms with Crippen LogP contribution in [0.25, 0.3) is 0 Å². The molecule has 3 heterocycles. The normalized spacial score (nSPS) is 13.9. The Morgan fingerprint density at radius 2 is 2.25 bits per heavy atom. The van der Waals surface area contributed by atoms with Crippen LogP contribution in [-0.4, -0.2) is 28.2 Å². The summed E-state index contributed by atoms with van der Waals surface area (Å²) in [6, 6.07) is 3.26. The number of furan rings is 1. The van der Waals surface area contributed by atoms with Gasteiger partial charge in [0.05, 0.1) is 12.2 Å². The smallest absolute Gasteiger partial charge is 0.293 e. The molecule has 6 nitrogen and oxygen atoms in total. The molecule has 0 bridgehead atoms. The van der Waals surface area contributed by atoms with Crippen LogP contribution in [0.4, 0.5) is 5.13 Å². The molecule has 1 N–H and O–H groups in total. The summed E-state index contributed by atoms with van der Waals surface area (Å²) in [7, 11) is 0. The minimum atomic E-state index is -0.334. The van der Waals surface area contributed by atoms with Crippen molar-refractivity contribution in [3.8, 4) is 0 Å². The molecule has 0 aromatic carbocycles. The molecule has 128 valence electrons. The number of anilines is 1. The largest absolute Gasteiger partial charge is 0.444 e. The molecule has 0 atom stereocenters. The first-order valence-corrected chi connectivity index (χ1v) is 9.36. The van der Waals surface area contributed by atoms with Gasteiger partial charge in [0.2, 0.25) is 5.91 Å². The maximum absolute atomic E-state index is 12.2. The van der Waals surface area contributed by atoms with Gasteiger partial charge in [-0.25, -0.2) is 4.98 Å². The number of amides is 2. The van der Waals surface area contributed by atoms with Crippen molar-refractivity contribution in [2.45, 2.75) is 33.2 Å². The number of aromatic nitrogens is 1. The number of carbonyl (C=O) groups is 2. The van der Waals surface area contributed by atoms with Gasteiger partial charge in [0, 0.05) is 24.3 Å². The molecule has 1 aliphatic heterocycles. The van der Waals surface area contributed by atoms with Crippen molar-refractivity contribution in [2.24, 2.45) is 5.92 Å². The van der Waals surface area contributed by atoms with Gasteiger partial charge in [0.15, 0.2) is 15.6 Å². The summed E-state index contributed by atoms with van der Waals surface area (Å²) in [5.74, 6) is 0.418. The molecule has 0 spiro atoms. The van der Waals surface area contributed by atoms with Gasteiger partial charge in [-0.3, -0.25) is 14.9 Å². The second-order valence-electron chi connectivity index (χ2n) is 6.11. The number of rotatable bonds is 4. The second-order valence-corrected chi connectivity index (χ2v) is 7.98. The summed E-state index contributed by atoms with van der Waals surface area (Å²) >= 11 is 4.59. The highest BCUT2D eigenvalue weighted by atomic mass is 79.9. The third kappa shape index (κ3) is 3.87. The Morgan fingerprint density at radius 1 is 1.46 bits per heavy atom. The van der Waals surface area contributed by atoms with Crippen LogP contribution in [-0.2, 0) is 17.8 Å². The molecule has 24 heavy (non-hydrogen) atoms. The molecule has 2 amide bonds. The van der Waals surface area contributed by atoms with E-state index in [1.54, 1.807) is 12.1 Å². The molecule has 8 heteroatoms. The molecule has 1 aliphatic rings. The van der Waals surface area contributed by atoms with E-state index in [1.807, 2.05) is 18.7 Å². The van der Waals surface area contributed by atoms with Gasteiger partial charge in [-0.05, 0) is 34.0 Å². The first kappa shape index (κ1) is 17.2. The third-order valence-electron chi connectivity index (χ3n) is 3.68. The molecule has 0 saturated heterocycles. The van der Waals surface area contributed by atoms with E-state index in [0.29, 0.717) is 35.2 Å². The van der Waals surface area contributed by atoms with E-state index in [0.717, 1.165) is 17.0 Å². The first-order chi connectivity index (χ1) is 11.4. The third-order valence-corrected chi connectivity index (χ3v) is 5.11. The average molecular weight is 412 g/mol. The van der Waals surface area contributed by atoms with Crippen molar-refractivity contribution in [1.29, 1.82) is 0 Å². The van der Waals surface area contributed by atoms with Gasteiger partial charge in [-0.2, -0.15) is 0 Å². The van der Waals surface area contributed by atoms with Crippen LogP contribution in [0, 0.1) is 5.92 Å². The molecule has 0 radical (unpaired) electrons. The minimum absolute atomic E-state index is 0.176. The number of nitrogens with zero attached hydrogens (tertiary/aromatic N) is 2. The van der Waals surface area contributed by atoms with Crippen LogP contribution in [0.15, 0.2) is 21.2 Å². The molecular formula is C16H18BrN3O3S. The maximum Gasteiger partial charge on any atom is 0.293 e. The van der Waals surface area contributed by atoms with E-state index in [4.69, 9.17) is 4.42 Å². The fourth-order valence-electron chi connectivity index (χ4n) is 2.54. The number of hydrogen-bond acceptors (Lipinski definition) is 5.